The smallest absolute Gasteiger partial charge is 0.291 e. The lowest BCUT2D eigenvalue weighted by atomic mass is 9.97. The first-order valence-corrected chi connectivity index (χ1v) is 13.8. The minimum atomic E-state index is -0.697. The van der Waals surface area contributed by atoms with E-state index < -0.39 is 6.04 Å². The number of carbonyl (C=O) groups excluding carboxylic acids is 1. The topological polar surface area (TPSA) is 69.0 Å². The number of fused-ring (bicyclic) bond motifs is 2. The minimum absolute atomic E-state index is 0.0445. The van der Waals surface area contributed by atoms with Gasteiger partial charge in [0.05, 0.1) is 30.2 Å². The first-order chi connectivity index (χ1) is 18.4. The summed E-state index contributed by atoms with van der Waals surface area (Å²) in [7, 11) is 0. The van der Waals surface area contributed by atoms with Crippen molar-refractivity contribution in [2.45, 2.75) is 39.3 Å². The van der Waals surface area contributed by atoms with E-state index in [0.29, 0.717) is 46.3 Å². The molecule has 1 unspecified atom stereocenters. The second-order valence-corrected chi connectivity index (χ2v) is 10.4. The standard InChI is InChI=1S/C30H27BrClNO5/c1-3-5-14-37-24-12-10-18(15-25(24)36-4-2)27-26-28(34)21-16-20(31)11-13-23(21)38-29(26)30(35)33(27)17-19-8-6-7-9-22(19)32/h6-13,15-16,27H,3-5,14,17H2,1-2H3. The van der Waals surface area contributed by atoms with Crippen LogP contribution in [0.15, 0.2) is 74.3 Å². The van der Waals surface area contributed by atoms with E-state index in [-0.39, 0.29) is 23.6 Å². The molecular formula is C30H27BrClNO5. The lowest BCUT2D eigenvalue weighted by Gasteiger charge is -2.26. The zero-order valence-electron chi connectivity index (χ0n) is 21.1. The van der Waals surface area contributed by atoms with Crippen LogP contribution in [-0.4, -0.2) is 24.0 Å². The summed E-state index contributed by atoms with van der Waals surface area (Å²) in [5.74, 6) is 0.865. The molecule has 1 aromatic heterocycles. The fraction of sp³-hybridized carbons (Fsp3) is 0.267. The number of benzene rings is 3. The van der Waals surface area contributed by atoms with Crippen molar-refractivity contribution in [1.29, 1.82) is 0 Å². The van der Waals surface area contributed by atoms with E-state index in [9.17, 15) is 9.59 Å². The van der Waals surface area contributed by atoms with Crippen LogP contribution in [-0.2, 0) is 6.54 Å². The summed E-state index contributed by atoms with van der Waals surface area (Å²) >= 11 is 9.91. The Morgan fingerprint density at radius 1 is 1.00 bits per heavy atom. The molecule has 0 aliphatic carbocycles. The summed E-state index contributed by atoms with van der Waals surface area (Å²) in [5.41, 5.74) is 1.90. The van der Waals surface area contributed by atoms with Crippen molar-refractivity contribution in [3.8, 4) is 11.5 Å². The monoisotopic (exact) mass is 595 g/mol. The van der Waals surface area contributed by atoms with Gasteiger partial charge >= 0.3 is 0 Å². The number of halogens is 2. The summed E-state index contributed by atoms with van der Waals surface area (Å²) in [6.07, 6.45) is 1.94. The Labute approximate surface area is 234 Å². The van der Waals surface area contributed by atoms with Crippen molar-refractivity contribution in [2.75, 3.05) is 13.2 Å². The molecular weight excluding hydrogens is 570 g/mol. The largest absolute Gasteiger partial charge is 0.490 e. The Balaban J connectivity index is 1.68. The maximum atomic E-state index is 13.9. The zero-order valence-corrected chi connectivity index (χ0v) is 23.5. The van der Waals surface area contributed by atoms with Gasteiger partial charge in [-0.25, -0.2) is 0 Å². The molecule has 3 aromatic carbocycles. The van der Waals surface area contributed by atoms with E-state index in [4.69, 9.17) is 25.5 Å². The highest BCUT2D eigenvalue weighted by Gasteiger charge is 2.43. The van der Waals surface area contributed by atoms with Crippen LogP contribution in [0, 0.1) is 0 Å². The molecule has 4 aromatic rings. The van der Waals surface area contributed by atoms with Gasteiger partial charge in [0.2, 0.25) is 5.76 Å². The van der Waals surface area contributed by atoms with Gasteiger partial charge in [0.15, 0.2) is 16.9 Å². The van der Waals surface area contributed by atoms with Gasteiger partial charge in [0.1, 0.15) is 5.58 Å². The quantitative estimate of drug-likeness (QED) is 0.187. The number of hydrogen-bond donors (Lipinski definition) is 0. The fourth-order valence-corrected chi connectivity index (χ4v) is 5.28. The Hall–Kier alpha value is -3.29. The van der Waals surface area contributed by atoms with Gasteiger partial charge < -0.3 is 18.8 Å². The molecule has 6 nitrogen and oxygen atoms in total. The average molecular weight is 597 g/mol. The van der Waals surface area contributed by atoms with Gasteiger partial charge in [-0.1, -0.05) is 65.1 Å². The average Bonchev–Trinajstić information content (AvgIpc) is 3.18. The number of ether oxygens (including phenoxy) is 2. The van der Waals surface area contributed by atoms with Crippen LogP contribution >= 0.6 is 27.5 Å². The normalized spacial score (nSPS) is 14.7. The summed E-state index contributed by atoms with van der Waals surface area (Å²) in [6.45, 7) is 5.22. The van der Waals surface area contributed by atoms with Crippen molar-refractivity contribution < 1.29 is 18.7 Å². The summed E-state index contributed by atoms with van der Waals surface area (Å²) in [6, 6.07) is 17.4. The molecule has 0 N–H and O–H groups in total. The summed E-state index contributed by atoms with van der Waals surface area (Å²) < 4.78 is 18.7. The molecule has 0 saturated carbocycles. The number of nitrogens with zero attached hydrogens (tertiary/aromatic N) is 1. The molecule has 196 valence electrons. The van der Waals surface area contributed by atoms with Crippen LogP contribution in [0.1, 0.15) is 60.0 Å². The fourth-order valence-electron chi connectivity index (χ4n) is 4.72. The molecule has 0 fully saturated rings. The van der Waals surface area contributed by atoms with Crippen molar-refractivity contribution in [2.24, 2.45) is 0 Å². The van der Waals surface area contributed by atoms with Gasteiger partial charge in [0, 0.05) is 16.0 Å². The number of unbranched alkanes of at least 4 members (excludes halogenated alkanes) is 1. The molecule has 5 rings (SSSR count). The molecule has 1 aliphatic rings. The Bertz CT molecular complexity index is 1570. The molecule has 0 bridgehead atoms. The third kappa shape index (κ3) is 4.93. The molecule has 0 radical (unpaired) electrons. The zero-order chi connectivity index (χ0) is 26.8. The van der Waals surface area contributed by atoms with Crippen LogP contribution in [0.4, 0.5) is 0 Å². The minimum Gasteiger partial charge on any atom is -0.490 e. The Morgan fingerprint density at radius 3 is 2.58 bits per heavy atom. The lowest BCUT2D eigenvalue weighted by Crippen LogP contribution is -2.29. The van der Waals surface area contributed by atoms with E-state index in [0.717, 1.165) is 28.4 Å². The number of carbonyl (C=O) groups is 1. The van der Waals surface area contributed by atoms with Crippen LogP contribution in [0.2, 0.25) is 5.02 Å². The number of rotatable bonds is 9. The maximum absolute atomic E-state index is 13.9. The Morgan fingerprint density at radius 2 is 1.82 bits per heavy atom. The van der Waals surface area contributed by atoms with Gasteiger partial charge in [0.25, 0.3) is 5.91 Å². The maximum Gasteiger partial charge on any atom is 0.291 e. The molecule has 8 heteroatoms. The van der Waals surface area contributed by atoms with Crippen LogP contribution in [0.25, 0.3) is 11.0 Å². The third-order valence-electron chi connectivity index (χ3n) is 6.57. The lowest BCUT2D eigenvalue weighted by molar-refractivity contribution is 0.0714. The Kier molecular flexibility index (Phi) is 7.77. The predicted octanol–water partition coefficient (Wildman–Crippen LogP) is 7.53. The van der Waals surface area contributed by atoms with Crippen LogP contribution in [0.5, 0.6) is 11.5 Å². The van der Waals surface area contributed by atoms with Gasteiger partial charge in [-0.15, -0.1) is 0 Å². The van der Waals surface area contributed by atoms with E-state index >= 15 is 0 Å². The first-order valence-electron chi connectivity index (χ1n) is 12.6. The van der Waals surface area contributed by atoms with E-state index in [1.54, 1.807) is 29.2 Å². The molecule has 1 aliphatic heterocycles. The van der Waals surface area contributed by atoms with E-state index in [1.165, 1.54) is 0 Å². The van der Waals surface area contributed by atoms with Gasteiger partial charge in [-0.05, 0) is 60.9 Å². The first kappa shape index (κ1) is 26.3. The second-order valence-electron chi connectivity index (χ2n) is 9.08. The van der Waals surface area contributed by atoms with Crippen LogP contribution < -0.4 is 14.9 Å². The van der Waals surface area contributed by atoms with Gasteiger partial charge in [-0.2, -0.15) is 0 Å². The highest BCUT2D eigenvalue weighted by Crippen LogP contribution is 2.42. The summed E-state index contributed by atoms with van der Waals surface area (Å²) in [5, 5.41) is 0.943. The van der Waals surface area contributed by atoms with Crippen molar-refractivity contribution in [3.05, 3.63) is 103 Å². The van der Waals surface area contributed by atoms with Crippen molar-refractivity contribution in [1.82, 2.24) is 4.90 Å². The molecule has 2 heterocycles. The van der Waals surface area contributed by atoms with Crippen molar-refractivity contribution in [3.63, 3.8) is 0 Å². The van der Waals surface area contributed by atoms with Crippen LogP contribution in [0.3, 0.4) is 0 Å². The van der Waals surface area contributed by atoms with E-state index in [2.05, 4.69) is 22.9 Å². The third-order valence-corrected chi connectivity index (χ3v) is 7.43. The molecule has 38 heavy (non-hydrogen) atoms. The highest BCUT2D eigenvalue weighted by atomic mass is 79.9. The number of hydrogen-bond acceptors (Lipinski definition) is 5. The van der Waals surface area contributed by atoms with E-state index in [1.807, 2.05) is 43.3 Å². The summed E-state index contributed by atoms with van der Waals surface area (Å²) in [4.78, 5) is 29.3. The molecule has 1 atom stereocenters. The van der Waals surface area contributed by atoms with Gasteiger partial charge in [-0.3, -0.25) is 9.59 Å². The number of amides is 1. The highest BCUT2D eigenvalue weighted by molar-refractivity contribution is 9.10. The molecule has 0 spiro atoms. The molecule has 1 amide bonds. The van der Waals surface area contributed by atoms with Crippen molar-refractivity contribution >= 4 is 44.4 Å². The second kappa shape index (κ2) is 11.2. The SMILES string of the molecule is CCCCOc1ccc(C2c3c(oc4ccc(Br)cc4c3=O)C(=O)N2Cc2ccccc2Cl)cc1OCC. The predicted molar refractivity (Wildman–Crippen MR) is 151 cm³/mol. The molecule has 0 saturated heterocycles.